The first-order valence-electron chi connectivity index (χ1n) is 6.01. The number of rotatable bonds is 7. The Morgan fingerprint density at radius 1 is 1.21 bits per heavy atom. The van der Waals surface area contributed by atoms with Crippen LogP contribution in [0.15, 0.2) is 23.1 Å². The van der Waals surface area contributed by atoms with Gasteiger partial charge in [0, 0.05) is 19.7 Å². The van der Waals surface area contributed by atoms with Gasteiger partial charge in [0.05, 0.1) is 0 Å². The van der Waals surface area contributed by atoms with E-state index >= 15 is 0 Å². The summed E-state index contributed by atoms with van der Waals surface area (Å²) in [6, 6.07) is 2.43. The van der Waals surface area contributed by atoms with E-state index in [-0.39, 0.29) is 6.54 Å². The van der Waals surface area contributed by atoms with Gasteiger partial charge in [-0.15, -0.1) is 0 Å². The Morgan fingerprint density at radius 3 is 2.47 bits per heavy atom. The maximum Gasteiger partial charge on any atom is 0.245 e. The summed E-state index contributed by atoms with van der Waals surface area (Å²) in [4.78, 5) is -0.504. The van der Waals surface area contributed by atoms with Gasteiger partial charge in [0.15, 0.2) is 0 Å². The number of sulfonamides is 1. The Morgan fingerprint density at radius 2 is 1.89 bits per heavy atom. The van der Waals surface area contributed by atoms with Gasteiger partial charge in [-0.25, -0.2) is 21.5 Å². The van der Waals surface area contributed by atoms with Crippen LogP contribution in [0.25, 0.3) is 0 Å². The molecule has 0 unspecified atom stereocenters. The summed E-state index contributed by atoms with van der Waals surface area (Å²) in [6.07, 6.45) is 2.27. The lowest BCUT2D eigenvalue weighted by Gasteiger charge is -2.17. The molecule has 0 fully saturated rings. The van der Waals surface area contributed by atoms with Gasteiger partial charge in [-0.2, -0.15) is 0 Å². The number of nitrogens with zero attached hydrogens (tertiary/aromatic N) is 1. The molecule has 4 nitrogen and oxygen atoms in total. The molecule has 0 saturated carbocycles. The molecule has 0 aliphatic carbocycles. The Balaban J connectivity index is 2.79. The van der Waals surface area contributed by atoms with E-state index in [9.17, 15) is 17.2 Å². The van der Waals surface area contributed by atoms with Crippen LogP contribution in [0, 0.1) is 11.6 Å². The lowest BCUT2D eigenvalue weighted by Crippen LogP contribution is -2.28. The summed E-state index contributed by atoms with van der Waals surface area (Å²) in [5.74, 6) is -1.88. The number of nitrogens with two attached hydrogens (primary N) is 1. The molecule has 19 heavy (non-hydrogen) atoms. The third-order valence-corrected chi connectivity index (χ3v) is 4.65. The fourth-order valence-electron chi connectivity index (χ4n) is 1.63. The van der Waals surface area contributed by atoms with Crippen molar-refractivity contribution in [3.8, 4) is 0 Å². The Labute approximate surface area is 112 Å². The molecule has 1 rings (SSSR count). The topological polar surface area (TPSA) is 63.4 Å². The third kappa shape index (κ3) is 4.22. The second-order valence-electron chi connectivity index (χ2n) is 4.25. The van der Waals surface area contributed by atoms with Crippen LogP contribution in [-0.2, 0) is 10.0 Å². The highest BCUT2D eigenvalue weighted by Crippen LogP contribution is 2.19. The van der Waals surface area contributed by atoms with Gasteiger partial charge < -0.3 is 5.73 Å². The van der Waals surface area contributed by atoms with Crippen molar-refractivity contribution in [2.75, 3.05) is 20.1 Å². The second-order valence-corrected chi connectivity index (χ2v) is 6.26. The van der Waals surface area contributed by atoms with Gasteiger partial charge in [-0.3, -0.25) is 0 Å². The van der Waals surface area contributed by atoms with Gasteiger partial charge in [0.25, 0.3) is 0 Å². The highest BCUT2D eigenvalue weighted by atomic mass is 32.2. The zero-order valence-corrected chi connectivity index (χ0v) is 11.6. The maximum absolute atomic E-state index is 13.5. The molecule has 0 radical (unpaired) electrons. The van der Waals surface area contributed by atoms with E-state index in [1.807, 2.05) is 0 Å². The zero-order valence-electron chi connectivity index (χ0n) is 10.8. The first-order chi connectivity index (χ1) is 8.89. The Hall–Kier alpha value is -1.05. The van der Waals surface area contributed by atoms with Crippen LogP contribution in [0.3, 0.4) is 0 Å². The standard InChI is InChI=1S/C12H18F2N2O2S/c1-16(8-4-2-3-7-15)19(17,18)12-6-5-10(13)9-11(12)14/h5-6,9H,2-4,7-8,15H2,1H3. The number of hydrogen-bond acceptors (Lipinski definition) is 3. The van der Waals surface area contributed by atoms with Crippen LogP contribution in [-0.4, -0.2) is 32.9 Å². The van der Waals surface area contributed by atoms with Crippen molar-refractivity contribution >= 4 is 10.0 Å². The van der Waals surface area contributed by atoms with Crippen molar-refractivity contribution in [3.05, 3.63) is 29.8 Å². The van der Waals surface area contributed by atoms with Crippen molar-refractivity contribution in [2.24, 2.45) is 5.73 Å². The van der Waals surface area contributed by atoms with Crippen LogP contribution < -0.4 is 5.73 Å². The molecule has 0 heterocycles. The fourth-order valence-corrected chi connectivity index (χ4v) is 2.88. The SMILES string of the molecule is CN(CCCCCN)S(=O)(=O)c1ccc(F)cc1F. The molecule has 0 bridgehead atoms. The van der Waals surface area contributed by atoms with Crippen molar-refractivity contribution < 1.29 is 17.2 Å². The normalized spacial score (nSPS) is 12.1. The molecule has 1 aromatic carbocycles. The summed E-state index contributed by atoms with van der Waals surface area (Å²) in [7, 11) is -2.54. The van der Waals surface area contributed by atoms with Crippen LogP contribution >= 0.6 is 0 Å². The van der Waals surface area contributed by atoms with E-state index < -0.39 is 26.6 Å². The van der Waals surface area contributed by atoms with Gasteiger partial charge in [0.2, 0.25) is 10.0 Å². The average molecular weight is 292 g/mol. The van der Waals surface area contributed by atoms with Gasteiger partial charge >= 0.3 is 0 Å². The molecular formula is C12H18F2N2O2S. The van der Waals surface area contributed by atoms with Crippen molar-refractivity contribution in [2.45, 2.75) is 24.2 Å². The quantitative estimate of drug-likeness (QED) is 0.778. The highest BCUT2D eigenvalue weighted by Gasteiger charge is 2.24. The minimum Gasteiger partial charge on any atom is -0.330 e. The van der Waals surface area contributed by atoms with Crippen molar-refractivity contribution in [1.29, 1.82) is 0 Å². The molecule has 7 heteroatoms. The highest BCUT2D eigenvalue weighted by molar-refractivity contribution is 7.89. The first kappa shape index (κ1) is 16.0. The summed E-state index contributed by atoms with van der Waals surface area (Å²) in [5.41, 5.74) is 5.34. The van der Waals surface area contributed by atoms with Crippen LogP contribution in [0.4, 0.5) is 8.78 Å². The predicted octanol–water partition coefficient (Wildman–Crippen LogP) is 1.71. The third-order valence-electron chi connectivity index (χ3n) is 2.76. The van der Waals surface area contributed by atoms with Crippen LogP contribution in [0.2, 0.25) is 0 Å². The van der Waals surface area contributed by atoms with E-state index in [4.69, 9.17) is 5.73 Å². The maximum atomic E-state index is 13.5. The van der Waals surface area contributed by atoms with E-state index in [0.29, 0.717) is 19.0 Å². The average Bonchev–Trinajstić information content (AvgIpc) is 2.33. The largest absolute Gasteiger partial charge is 0.330 e. The Kier molecular flexibility index (Phi) is 5.84. The van der Waals surface area contributed by atoms with Crippen molar-refractivity contribution in [3.63, 3.8) is 0 Å². The number of halogens is 2. The molecule has 0 saturated heterocycles. The minimum absolute atomic E-state index is 0.277. The Bertz CT molecular complexity index is 520. The number of hydrogen-bond donors (Lipinski definition) is 1. The van der Waals surface area contributed by atoms with Crippen molar-refractivity contribution in [1.82, 2.24) is 4.31 Å². The smallest absolute Gasteiger partial charge is 0.245 e. The molecule has 0 atom stereocenters. The van der Waals surface area contributed by atoms with Gasteiger partial charge in [-0.1, -0.05) is 6.42 Å². The predicted molar refractivity (Wildman–Crippen MR) is 69.1 cm³/mol. The lowest BCUT2D eigenvalue weighted by atomic mass is 10.2. The van der Waals surface area contributed by atoms with Gasteiger partial charge in [-0.05, 0) is 31.5 Å². The molecule has 0 amide bonds. The zero-order chi connectivity index (χ0) is 14.5. The summed E-state index contributed by atoms with van der Waals surface area (Å²) in [5, 5.41) is 0. The number of benzene rings is 1. The van der Waals surface area contributed by atoms with Crippen LogP contribution in [0.1, 0.15) is 19.3 Å². The molecule has 0 spiro atoms. The second kappa shape index (κ2) is 6.93. The number of unbranched alkanes of at least 4 members (excludes halogenated alkanes) is 2. The fraction of sp³-hybridized carbons (Fsp3) is 0.500. The van der Waals surface area contributed by atoms with E-state index in [0.717, 1.165) is 29.3 Å². The lowest BCUT2D eigenvalue weighted by molar-refractivity contribution is 0.447. The van der Waals surface area contributed by atoms with E-state index in [1.165, 1.54) is 7.05 Å². The summed E-state index contributed by atoms with van der Waals surface area (Å²) >= 11 is 0. The first-order valence-corrected chi connectivity index (χ1v) is 7.45. The summed E-state index contributed by atoms with van der Waals surface area (Å²) in [6.45, 7) is 0.836. The molecule has 0 aromatic heterocycles. The monoisotopic (exact) mass is 292 g/mol. The minimum atomic E-state index is -3.91. The van der Waals surface area contributed by atoms with E-state index in [2.05, 4.69) is 0 Å². The molecule has 0 aliphatic heterocycles. The van der Waals surface area contributed by atoms with Crippen LogP contribution in [0.5, 0.6) is 0 Å². The van der Waals surface area contributed by atoms with E-state index in [1.54, 1.807) is 0 Å². The molecule has 0 aliphatic rings. The molecule has 2 N–H and O–H groups in total. The summed E-state index contributed by atoms with van der Waals surface area (Å²) < 4.78 is 51.5. The molecule has 1 aromatic rings. The molecular weight excluding hydrogens is 274 g/mol. The molecule has 108 valence electrons. The van der Waals surface area contributed by atoms with Gasteiger partial charge in [0.1, 0.15) is 16.5 Å².